The largest absolute Gasteiger partial charge is 0.416 e. The molecule has 0 spiro atoms. The van der Waals surface area contributed by atoms with Crippen molar-refractivity contribution in [3.05, 3.63) is 53.7 Å². The number of nitrogens with one attached hydrogen (secondary N) is 1. The van der Waals surface area contributed by atoms with Gasteiger partial charge in [-0.1, -0.05) is 18.3 Å². The van der Waals surface area contributed by atoms with Gasteiger partial charge in [-0.05, 0) is 30.3 Å². The predicted octanol–water partition coefficient (Wildman–Crippen LogP) is 3.48. The Hall–Kier alpha value is -2.15. The average Bonchev–Trinajstić information content (AvgIpc) is 2.38. The summed E-state index contributed by atoms with van der Waals surface area (Å²) in [6.07, 6.45) is -2.91. The lowest BCUT2D eigenvalue weighted by atomic mass is 10.2. The highest BCUT2D eigenvalue weighted by molar-refractivity contribution is 7.80. The molecule has 0 unspecified atom stereocenters. The third kappa shape index (κ3) is 3.45. The van der Waals surface area contributed by atoms with Crippen LogP contribution in [0.5, 0.6) is 0 Å². The first-order chi connectivity index (χ1) is 9.36. The molecular weight excluding hydrogens is 287 g/mol. The number of nitrogens with two attached hydrogens (primary N) is 1. The summed E-state index contributed by atoms with van der Waals surface area (Å²) >= 11 is 4.83. The fourth-order valence-electron chi connectivity index (χ4n) is 1.57. The smallest absolute Gasteiger partial charge is 0.389 e. The Morgan fingerprint density at radius 1 is 1.20 bits per heavy atom. The van der Waals surface area contributed by atoms with Crippen LogP contribution < -0.4 is 11.1 Å². The van der Waals surface area contributed by atoms with Crippen LogP contribution in [0.3, 0.4) is 0 Å². The van der Waals surface area contributed by atoms with Crippen LogP contribution in [0, 0.1) is 0 Å². The predicted molar refractivity (Wildman–Crippen MR) is 74.9 cm³/mol. The quantitative estimate of drug-likeness (QED) is 0.852. The van der Waals surface area contributed by atoms with Crippen molar-refractivity contribution >= 4 is 28.7 Å². The van der Waals surface area contributed by atoms with Crippen molar-refractivity contribution in [1.29, 1.82) is 0 Å². The van der Waals surface area contributed by atoms with E-state index in [1.807, 2.05) is 0 Å². The van der Waals surface area contributed by atoms with Gasteiger partial charge >= 0.3 is 6.18 Å². The van der Waals surface area contributed by atoms with Gasteiger partial charge in [-0.25, -0.2) is 4.98 Å². The lowest BCUT2D eigenvalue weighted by molar-refractivity contribution is -0.137. The minimum atomic E-state index is -4.38. The SMILES string of the molecule is NC(=S)c1ccnc(Nc2cccc(C(F)(F)F)c2)c1. The van der Waals surface area contributed by atoms with Crippen LogP contribution in [0.2, 0.25) is 0 Å². The summed E-state index contributed by atoms with van der Waals surface area (Å²) in [5, 5.41) is 2.79. The minimum absolute atomic E-state index is 0.194. The maximum Gasteiger partial charge on any atom is 0.416 e. The monoisotopic (exact) mass is 297 g/mol. The molecule has 3 N–H and O–H groups in total. The number of rotatable bonds is 3. The zero-order valence-electron chi connectivity index (χ0n) is 10.1. The van der Waals surface area contributed by atoms with E-state index in [0.29, 0.717) is 11.4 Å². The van der Waals surface area contributed by atoms with Crippen molar-refractivity contribution in [2.45, 2.75) is 6.18 Å². The van der Waals surface area contributed by atoms with E-state index in [2.05, 4.69) is 10.3 Å². The molecule has 0 saturated carbocycles. The summed E-state index contributed by atoms with van der Waals surface area (Å²) < 4.78 is 37.8. The molecule has 0 amide bonds. The van der Waals surface area contributed by atoms with Crippen LogP contribution in [0.4, 0.5) is 24.7 Å². The van der Waals surface area contributed by atoms with Gasteiger partial charge in [-0.15, -0.1) is 0 Å². The Labute approximate surface area is 118 Å². The van der Waals surface area contributed by atoms with Gasteiger partial charge < -0.3 is 11.1 Å². The number of benzene rings is 1. The second-order valence-electron chi connectivity index (χ2n) is 4.00. The van der Waals surface area contributed by atoms with Crippen molar-refractivity contribution in [3.8, 4) is 0 Å². The first kappa shape index (κ1) is 14.3. The molecule has 1 heterocycles. The number of alkyl halides is 3. The van der Waals surface area contributed by atoms with Gasteiger partial charge in [0.15, 0.2) is 0 Å². The van der Waals surface area contributed by atoms with Gasteiger partial charge in [0.1, 0.15) is 10.8 Å². The molecule has 0 aliphatic rings. The fraction of sp³-hybridized carbons (Fsp3) is 0.0769. The molecule has 104 valence electrons. The molecule has 2 rings (SSSR count). The number of thiocarbonyl (C=S) groups is 1. The summed E-state index contributed by atoms with van der Waals surface area (Å²) in [6.45, 7) is 0. The highest BCUT2D eigenvalue weighted by Crippen LogP contribution is 2.31. The summed E-state index contributed by atoms with van der Waals surface area (Å²) in [6, 6.07) is 8.05. The zero-order chi connectivity index (χ0) is 14.8. The summed E-state index contributed by atoms with van der Waals surface area (Å²) in [7, 11) is 0. The number of aromatic nitrogens is 1. The Balaban J connectivity index is 2.26. The molecule has 7 heteroatoms. The molecule has 0 aliphatic heterocycles. The molecule has 3 nitrogen and oxygen atoms in total. The Bertz CT molecular complexity index is 641. The molecule has 0 atom stereocenters. The van der Waals surface area contributed by atoms with Gasteiger partial charge in [-0.3, -0.25) is 0 Å². The van der Waals surface area contributed by atoms with Crippen LogP contribution in [-0.2, 0) is 6.18 Å². The van der Waals surface area contributed by atoms with Crippen LogP contribution in [0.15, 0.2) is 42.6 Å². The summed E-state index contributed by atoms with van der Waals surface area (Å²) in [5.41, 5.74) is 5.63. The van der Waals surface area contributed by atoms with Gasteiger partial charge in [0, 0.05) is 17.4 Å². The third-order valence-electron chi connectivity index (χ3n) is 2.51. The molecule has 2 aromatic rings. The zero-order valence-corrected chi connectivity index (χ0v) is 10.9. The average molecular weight is 297 g/mol. The van der Waals surface area contributed by atoms with Gasteiger partial charge in [-0.2, -0.15) is 13.2 Å². The number of pyridine rings is 1. The topological polar surface area (TPSA) is 50.9 Å². The van der Waals surface area contributed by atoms with Crippen molar-refractivity contribution in [1.82, 2.24) is 4.98 Å². The van der Waals surface area contributed by atoms with Crippen molar-refractivity contribution in [2.24, 2.45) is 5.73 Å². The van der Waals surface area contributed by atoms with E-state index in [9.17, 15) is 13.2 Å². The standard InChI is InChI=1S/C13H10F3N3S/c14-13(15,16)9-2-1-3-10(7-9)19-11-6-8(12(17)20)4-5-18-11/h1-7H,(H2,17,20)(H,18,19). The van der Waals surface area contributed by atoms with Crippen LogP contribution >= 0.6 is 12.2 Å². The lowest BCUT2D eigenvalue weighted by Gasteiger charge is -2.10. The van der Waals surface area contributed by atoms with E-state index in [-0.39, 0.29) is 10.7 Å². The van der Waals surface area contributed by atoms with Gasteiger partial charge in [0.05, 0.1) is 5.56 Å². The molecule has 0 aliphatic carbocycles. The minimum Gasteiger partial charge on any atom is -0.389 e. The first-order valence-electron chi connectivity index (χ1n) is 5.56. The third-order valence-corrected chi connectivity index (χ3v) is 2.74. The van der Waals surface area contributed by atoms with Crippen LogP contribution in [-0.4, -0.2) is 9.97 Å². The van der Waals surface area contributed by atoms with E-state index in [1.54, 1.807) is 12.1 Å². The van der Waals surface area contributed by atoms with Crippen LogP contribution in [0.25, 0.3) is 0 Å². The van der Waals surface area contributed by atoms with E-state index in [4.69, 9.17) is 18.0 Å². The molecule has 1 aromatic carbocycles. The van der Waals surface area contributed by atoms with E-state index in [1.165, 1.54) is 18.3 Å². The van der Waals surface area contributed by atoms with E-state index >= 15 is 0 Å². The molecule has 1 aromatic heterocycles. The molecule has 0 fully saturated rings. The van der Waals surface area contributed by atoms with Crippen molar-refractivity contribution < 1.29 is 13.2 Å². The normalized spacial score (nSPS) is 11.2. The van der Waals surface area contributed by atoms with Gasteiger partial charge in [0.25, 0.3) is 0 Å². The summed E-state index contributed by atoms with van der Waals surface area (Å²) in [5.74, 6) is 0.370. The number of hydrogen-bond acceptors (Lipinski definition) is 3. The molecule has 20 heavy (non-hydrogen) atoms. The second kappa shape index (κ2) is 5.46. The molecule has 0 saturated heterocycles. The number of nitrogens with zero attached hydrogens (tertiary/aromatic N) is 1. The molecular formula is C13H10F3N3S. The first-order valence-corrected chi connectivity index (χ1v) is 5.97. The Kier molecular flexibility index (Phi) is 3.89. The highest BCUT2D eigenvalue weighted by atomic mass is 32.1. The number of halogens is 3. The molecule has 0 bridgehead atoms. The Morgan fingerprint density at radius 3 is 2.60 bits per heavy atom. The molecule has 0 radical (unpaired) electrons. The number of anilines is 2. The van der Waals surface area contributed by atoms with Crippen molar-refractivity contribution in [2.75, 3.05) is 5.32 Å². The van der Waals surface area contributed by atoms with Crippen molar-refractivity contribution in [3.63, 3.8) is 0 Å². The fourth-order valence-corrected chi connectivity index (χ4v) is 1.70. The maximum absolute atomic E-state index is 12.6. The summed E-state index contributed by atoms with van der Waals surface area (Å²) in [4.78, 5) is 4.20. The number of hydrogen-bond donors (Lipinski definition) is 2. The lowest BCUT2D eigenvalue weighted by Crippen LogP contribution is -2.10. The second-order valence-corrected chi connectivity index (χ2v) is 4.44. The Morgan fingerprint density at radius 2 is 1.95 bits per heavy atom. The van der Waals surface area contributed by atoms with Gasteiger partial charge in [0.2, 0.25) is 0 Å². The van der Waals surface area contributed by atoms with Crippen LogP contribution in [0.1, 0.15) is 11.1 Å². The van der Waals surface area contributed by atoms with E-state index < -0.39 is 11.7 Å². The van der Waals surface area contributed by atoms with E-state index in [0.717, 1.165) is 12.1 Å². The highest BCUT2D eigenvalue weighted by Gasteiger charge is 2.30. The maximum atomic E-state index is 12.6.